The van der Waals surface area contributed by atoms with Crippen LogP contribution in [0.2, 0.25) is 5.02 Å². The normalized spacial score (nSPS) is 11.0. The Kier molecular flexibility index (Phi) is 4.57. The molecule has 26 heavy (non-hydrogen) atoms. The first-order chi connectivity index (χ1) is 12.6. The maximum absolute atomic E-state index is 5.91. The standard InChI is InChI=1S/C20H16ClN3OS/c1-12-3-4-13(2)16(9-12)17-11-26-19(22-17)10-18-23-20(24-25-18)14-5-7-15(21)8-6-14/h3-9,11H,10H2,1-2H3. The summed E-state index contributed by atoms with van der Waals surface area (Å²) in [6.45, 7) is 4.19. The van der Waals surface area contributed by atoms with Crippen molar-refractivity contribution in [1.29, 1.82) is 0 Å². The van der Waals surface area contributed by atoms with Gasteiger partial charge in [-0.3, -0.25) is 0 Å². The highest BCUT2D eigenvalue weighted by Gasteiger charge is 2.13. The molecule has 0 fully saturated rings. The highest BCUT2D eigenvalue weighted by atomic mass is 35.5. The van der Waals surface area contributed by atoms with E-state index < -0.39 is 0 Å². The van der Waals surface area contributed by atoms with E-state index in [4.69, 9.17) is 21.1 Å². The SMILES string of the molecule is Cc1ccc(C)c(-c2csc(Cc3nc(-c4ccc(Cl)cc4)no3)n2)c1. The number of aromatic nitrogens is 3. The van der Waals surface area contributed by atoms with Crippen LogP contribution in [0.15, 0.2) is 52.4 Å². The van der Waals surface area contributed by atoms with E-state index >= 15 is 0 Å². The fourth-order valence-electron chi connectivity index (χ4n) is 2.70. The maximum Gasteiger partial charge on any atom is 0.233 e. The molecule has 4 aromatic rings. The van der Waals surface area contributed by atoms with Crippen LogP contribution in [0.3, 0.4) is 0 Å². The molecule has 0 saturated carbocycles. The number of aryl methyl sites for hydroxylation is 2. The molecule has 0 N–H and O–H groups in total. The van der Waals surface area contributed by atoms with Crippen LogP contribution >= 0.6 is 22.9 Å². The number of halogens is 1. The molecule has 0 spiro atoms. The van der Waals surface area contributed by atoms with Crippen molar-refractivity contribution in [3.63, 3.8) is 0 Å². The molecule has 0 aliphatic heterocycles. The second-order valence-corrected chi connectivity index (χ2v) is 7.52. The molecule has 6 heteroatoms. The van der Waals surface area contributed by atoms with Crippen LogP contribution in [0.4, 0.5) is 0 Å². The Morgan fingerprint density at radius 2 is 1.85 bits per heavy atom. The van der Waals surface area contributed by atoms with Crippen LogP contribution < -0.4 is 0 Å². The van der Waals surface area contributed by atoms with E-state index in [0.717, 1.165) is 16.3 Å². The van der Waals surface area contributed by atoms with Gasteiger partial charge in [-0.15, -0.1) is 11.3 Å². The van der Waals surface area contributed by atoms with E-state index in [1.54, 1.807) is 11.3 Å². The smallest absolute Gasteiger partial charge is 0.233 e. The minimum absolute atomic E-state index is 0.524. The van der Waals surface area contributed by atoms with E-state index in [1.165, 1.54) is 16.7 Å². The Morgan fingerprint density at radius 1 is 1.04 bits per heavy atom. The minimum atomic E-state index is 0.524. The lowest BCUT2D eigenvalue weighted by atomic mass is 10.0. The van der Waals surface area contributed by atoms with Gasteiger partial charge in [-0.2, -0.15) is 4.98 Å². The van der Waals surface area contributed by atoms with Crippen LogP contribution in [-0.2, 0) is 6.42 Å². The zero-order chi connectivity index (χ0) is 18.1. The summed E-state index contributed by atoms with van der Waals surface area (Å²) in [7, 11) is 0. The van der Waals surface area contributed by atoms with Gasteiger partial charge >= 0.3 is 0 Å². The highest BCUT2D eigenvalue weighted by Crippen LogP contribution is 2.27. The summed E-state index contributed by atoms with van der Waals surface area (Å²) in [4.78, 5) is 9.21. The molecule has 0 unspecified atom stereocenters. The van der Waals surface area contributed by atoms with Crippen LogP contribution in [-0.4, -0.2) is 15.1 Å². The van der Waals surface area contributed by atoms with Gasteiger partial charge in [-0.05, 0) is 49.7 Å². The molecule has 0 amide bonds. The predicted octanol–water partition coefficient (Wildman–Crippen LogP) is 5.72. The second kappa shape index (κ2) is 7.02. The fraction of sp³-hybridized carbons (Fsp3) is 0.150. The van der Waals surface area contributed by atoms with Gasteiger partial charge in [0.25, 0.3) is 0 Å². The molecule has 0 atom stereocenters. The van der Waals surface area contributed by atoms with E-state index in [2.05, 4.69) is 47.6 Å². The Morgan fingerprint density at radius 3 is 2.65 bits per heavy atom. The number of rotatable bonds is 4. The number of hydrogen-bond donors (Lipinski definition) is 0. The molecular formula is C20H16ClN3OS. The highest BCUT2D eigenvalue weighted by molar-refractivity contribution is 7.10. The van der Waals surface area contributed by atoms with Gasteiger partial charge in [0, 0.05) is 21.5 Å². The molecule has 0 aliphatic carbocycles. The zero-order valence-electron chi connectivity index (χ0n) is 14.4. The molecule has 2 heterocycles. The van der Waals surface area contributed by atoms with Gasteiger partial charge < -0.3 is 4.52 Å². The Balaban J connectivity index is 1.55. The van der Waals surface area contributed by atoms with E-state index in [-0.39, 0.29) is 0 Å². The third kappa shape index (κ3) is 3.54. The zero-order valence-corrected chi connectivity index (χ0v) is 15.9. The second-order valence-electron chi connectivity index (χ2n) is 6.14. The molecule has 0 radical (unpaired) electrons. The van der Waals surface area contributed by atoms with Crippen molar-refractivity contribution in [2.45, 2.75) is 20.3 Å². The van der Waals surface area contributed by atoms with Crippen LogP contribution in [0.5, 0.6) is 0 Å². The molecule has 2 aromatic carbocycles. The van der Waals surface area contributed by atoms with Gasteiger partial charge in [0.1, 0.15) is 5.01 Å². The van der Waals surface area contributed by atoms with Crippen molar-refractivity contribution < 1.29 is 4.52 Å². The first-order valence-corrected chi connectivity index (χ1v) is 9.45. The first kappa shape index (κ1) is 16.9. The van der Waals surface area contributed by atoms with E-state index in [9.17, 15) is 0 Å². The maximum atomic E-state index is 5.91. The van der Waals surface area contributed by atoms with E-state index in [0.29, 0.717) is 23.2 Å². The number of hydrogen-bond acceptors (Lipinski definition) is 5. The lowest BCUT2D eigenvalue weighted by Gasteiger charge is -2.03. The van der Waals surface area contributed by atoms with Crippen molar-refractivity contribution in [3.05, 3.63) is 74.9 Å². The van der Waals surface area contributed by atoms with Crippen LogP contribution in [0, 0.1) is 13.8 Å². The molecule has 4 rings (SSSR count). The summed E-state index contributed by atoms with van der Waals surface area (Å²) in [5.74, 6) is 1.11. The Bertz CT molecular complexity index is 1050. The Hall–Kier alpha value is -2.50. The topological polar surface area (TPSA) is 51.8 Å². The number of thiazole rings is 1. The molecule has 0 bridgehead atoms. The molecule has 4 nitrogen and oxygen atoms in total. The third-order valence-corrected chi connectivity index (χ3v) is 5.19. The van der Waals surface area contributed by atoms with Gasteiger partial charge in [0.2, 0.25) is 11.7 Å². The van der Waals surface area contributed by atoms with E-state index in [1.807, 2.05) is 24.3 Å². The van der Waals surface area contributed by atoms with Gasteiger partial charge in [0.05, 0.1) is 12.1 Å². The van der Waals surface area contributed by atoms with Gasteiger partial charge in [0.15, 0.2) is 0 Å². The number of benzene rings is 2. The number of nitrogens with zero attached hydrogens (tertiary/aromatic N) is 3. The lowest BCUT2D eigenvalue weighted by molar-refractivity contribution is 0.385. The molecule has 2 aromatic heterocycles. The average Bonchev–Trinajstić information content (AvgIpc) is 3.28. The molecular weight excluding hydrogens is 366 g/mol. The summed E-state index contributed by atoms with van der Waals surface area (Å²) in [5.41, 5.74) is 5.48. The average molecular weight is 382 g/mol. The van der Waals surface area contributed by atoms with Crippen molar-refractivity contribution in [3.8, 4) is 22.6 Å². The summed E-state index contributed by atoms with van der Waals surface area (Å²) in [6, 6.07) is 13.8. The molecule has 0 aliphatic rings. The molecule has 0 saturated heterocycles. The van der Waals surface area contributed by atoms with Gasteiger partial charge in [-0.1, -0.05) is 34.5 Å². The fourth-order valence-corrected chi connectivity index (χ4v) is 3.61. The van der Waals surface area contributed by atoms with Crippen molar-refractivity contribution in [1.82, 2.24) is 15.1 Å². The molecule has 130 valence electrons. The Labute approximate surface area is 160 Å². The largest absolute Gasteiger partial charge is 0.339 e. The van der Waals surface area contributed by atoms with Crippen molar-refractivity contribution in [2.75, 3.05) is 0 Å². The third-order valence-electron chi connectivity index (χ3n) is 4.09. The van der Waals surface area contributed by atoms with Gasteiger partial charge in [-0.25, -0.2) is 4.98 Å². The van der Waals surface area contributed by atoms with Crippen LogP contribution in [0.25, 0.3) is 22.6 Å². The first-order valence-electron chi connectivity index (χ1n) is 8.19. The van der Waals surface area contributed by atoms with Crippen LogP contribution in [0.1, 0.15) is 22.0 Å². The summed E-state index contributed by atoms with van der Waals surface area (Å²) in [6.07, 6.45) is 0.524. The van der Waals surface area contributed by atoms with Crippen molar-refractivity contribution >= 4 is 22.9 Å². The summed E-state index contributed by atoms with van der Waals surface area (Å²) < 4.78 is 5.38. The summed E-state index contributed by atoms with van der Waals surface area (Å²) >= 11 is 7.52. The lowest BCUT2D eigenvalue weighted by Crippen LogP contribution is -1.90. The predicted molar refractivity (Wildman–Crippen MR) is 105 cm³/mol. The summed E-state index contributed by atoms with van der Waals surface area (Å²) in [5, 5.41) is 7.76. The minimum Gasteiger partial charge on any atom is -0.339 e. The van der Waals surface area contributed by atoms with Crippen molar-refractivity contribution in [2.24, 2.45) is 0 Å². The monoisotopic (exact) mass is 381 g/mol. The quantitative estimate of drug-likeness (QED) is 0.453.